The Bertz CT molecular complexity index is 914. The van der Waals surface area contributed by atoms with Gasteiger partial charge in [-0.2, -0.15) is 4.31 Å². The number of nitrogens with zero attached hydrogens (tertiary/aromatic N) is 1. The molecule has 2 aromatic rings. The number of rotatable bonds is 5. The molecule has 28 heavy (non-hydrogen) atoms. The number of hydrogen-bond donors (Lipinski definition) is 1. The summed E-state index contributed by atoms with van der Waals surface area (Å²) in [4.78, 5) is 12.5. The molecule has 0 radical (unpaired) electrons. The molecule has 0 aliphatic carbocycles. The van der Waals surface area contributed by atoms with E-state index >= 15 is 0 Å². The molecule has 0 saturated carbocycles. The molecule has 1 aliphatic heterocycles. The van der Waals surface area contributed by atoms with Crippen molar-refractivity contribution in [2.75, 3.05) is 13.1 Å². The second-order valence-corrected chi connectivity index (χ2v) is 9.21. The molecular weight excluding hydrogens is 376 g/mol. The Morgan fingerprint density at radius 1 is 1.04 bits per heavy atom. The van der Waals surface area contributed by atoms with Gasteiger partial charge >= 0.3 is 0 Å². The fraction of sp³-hybridized carbons (Fsp3) is 0.381. The van der Waals surface area contributed by atoms with Gasteiger partial charge in [0, 0.05) is 25.2 Å². The molecule has 0 aromatic heterocycles. The van der Waals surface area contributed by atoms with E-state index in [2.05, 4.69) is 5.32 Å². The zero-order chi connectivity index (χ0) is 20.3. The van der Waals surface area contributed by atoms with E-state index < -0.39 is 10.0 Å². The van der Waals surface area contributed by atoms with Crippen molar-refractivity contribution in [3.05, 3.63) is 65.2 Å². The average Bonchev–Trinajstić information content (AvgIpc) is 2.66. The van der Waals surface area contributed by atoms with Crippen LogP contribution in [0.5, 0.6) is 0 Å². The number of sulfonamides is 1. The van der Waals surface area contributed by atoms with Gasteiger partial charge < -0.3 is 10.1 Å². The minimum absolute atomic E-state index is 0.148. The van der Waals surface area contributed by atoms with Crippen molar-refractivity contribution >= 4 is 15.9 Å². The number of morpholine rings is 1. The molecule has 2 atom stereocenters. The summed E-state index contributed by atoms with van der Waals surface area (Å²) in [6, 6.07) is 14.0. The van der Waals surface area contributed by atoms with Crippen molar-refractivity contribution < 1.29 is 17.9 Å². The Kier molecular flexibility index (Phi) is 6.17. The van der Waals surface area contributed by atoms with Crippen molar-refractivity contribution in [1.82, 2.24) is 9.62 Å². The minimum atomic E-state index is -3.61. The fourth-order valence-electron chi connectivity index (χ4n) is 3.24. The Labute approximate surface area is 166 Å². The maximum absolute atomic E-state index is 12.9. The van der Waals surface area contributed by atoms with Gasteiger partial charge in [-0.1, -0.05) is 29.8 Å². The number of aryl methyl sites for hydroxylation is 1. The monoisotopic (exact) mass is 402 g/mol. The number of carbonyl (C=O) groups is 1. The average molecular weight is 403 g/mol. The third kappa shape index (κ3) is 4.79. The molecule has 2 aromatic carbocycles. The van der Waals surface area contributed by atoms with E-state index in [9.17, 15) is 13.2 Å². The predicted octanol–water partition coefficient (Wildman–Crippen LogP) is 2.72. The first-order chi connectivity index (χ1) is 13.3. The summed E-state index contributed by atoms with van der Waals surface area (Å²) in [7, 11) is -3.61. The van der Waals surface area contributed by atoms with E-state index in [1.165, 1.54) is 16.4 Å². The van der Waals surface area contributed by atoms with Crippen LogP contribution in [0.15, 0.2) is 53.4 Å². The van der Waals surface area contributed by atoms with Crippen molar-refractivity contribution in [3.63, 3.8) is 0 Å². The quantitative estimate of drug-likeness (QED) is 0.834. The summed E-state index contributed by atoms with van der Waals surface area (Å²) in [5, 5.41) is 2.85. The van der Waals surface area contributed by atoms with E-state index in [-0.39, 0.29) is 23.0 Å². The molecule has 0 bridgehead atoms. The smallest absolute Gasteiger partial charge is 0.251 e. The number of ether oxygens (including phenoxy) is 1. The summed E-state index contributed by atoms with van der Waals surface area (Å²) in [6.07, 6.45) is -0.296. The SMILES string of the molecule is Cc1ccc(CNC(=O)c2ccc(S(=O)(=O)N3C[C@H](C)O[C@@H](C)C3)cc2)cc1. The molecule has 1 amide bonds. The molecule has 7 heteroatoms. The zero-order valence-corrected chi connectivity index (χ0v) is 17.2. The van der Waals surface area contributed by atoms with E-state index in [4.69, 9.17) is 4.74 Å². The van der Waals surface area contributed by atoms with E-state index in [0.717, 1.165) is 11.1 Å². The highest BCUT2D eigenvalue weighted by atomic mass is 32.2. The van der Waals surface area contributed by atoms with Gasteiger partial charge in [0.2, 0.25) is 10.0 Å². The molecule has 1 N–H and O–H groups in total. The Hall–Kier alpha value is -2.22. The van der Waals surface area contributed by atoms with Crippen LogP contribution in [-0.2, 0) is 21.3 Å². The molecule has 1 saturated heterocycles. The lowest BCUT2D eigenvalue weighted by Crippen LogP contribution is -2.48. The van der Waals surface area contributed by atoms with Gasteiger partial charge in [0.05, 0.1) is 17.1 Å². The molecule has 0 unspecified atom stereocenters. The highest BCUT2D eigenvalue weighted by Crippen LogP contribution is 2.21. The number of carbonyl (C=O) groups excluding carboxylic acids is 1. The van der Waals surface area contributed by atoms with Crippen molar-refractivity contribution in [2.24, 2.45) is 0 Å². The van der Waals surface area contributed by atoms with E-state index in [1.807, 2.05) is 45.0 Å². The lowest BCUT2D eigenvalue weighted by Gasteiger charge is -2.34. The highest BCUT2D eigenvalue weighted by Gasteiger charge is 2.32. The van der Waals surface area contributed by atoms with Crippen LogP contribution < -0.4 is 5.32 Å². The van der Waals surface area contributed by atoms with Gasteiger partial charge in [-0.15, -0.1) is 0 Å². The molecule has 3 rings (SSSR count). The third-order valence-corrected chi connectivity index (χ3v) is 6.56. The predicted molar refractivity (Wildman–Crippen MR) is 108 cm³/mol. The van der Waals surface area contributed by atoms with Crippen LogP contribution in [0, 0.1) is 6.92 Å². The van der Waals surface area contributed by atoms with Gasteiger partial charge in [0.15, 0.2) is 0 Å². The van der Waals surface area contributed by atoms with Crippen molar-refractivity contribution in [1.29, 1.82) is 0 Å². The van der Waals surface area contributed by atoms with E-state index in [1.54, 1.807) is 12.1 Å². The third-order valence-electron chi connectivity index (χ3n) is 4.71. The lowest BCUT2D eigenvalue weighted by atomic mass is 10.1. The van der Waals surface area contributed by atoms with Gasteiger partial charge in [0.1, 0.15) is 0 Å². The van der Waals surface area contributed by atoms with Crippen LogP contribution in [0.25, 0.3) is 0 Å². The maximum Gasteiger partial charge on any atom is 0.251 e. The van der Waals surface area contributed by atoms with Crippen LogP contribution in [0.1, 0.15) is 35.3 Å². The minimum Gasteiger partial charge on any atom is -0.373 e. The molecular formula is C21H26N2O4S. The largest absolute Gasteiger partial charge is 0.373 e. The van der Waals surface area contributed by atoms with Crippen LogP contribution in [0.2, 0.25) is 0 Å². The van der Waals surface area contributed by atoms with Crippen LogP contribution in [-0.4, -0.2) is 43.9 Å². The molecule has 6 nitrogen and oxygen atoms in total. The van der Waals surface area contributed by atoms with Crippen LogP contribution >= 0.6 is 0 Å². The number of amides is 1. The van der Waals surface area contributed by atoms with Gasteiger partial charge in [0.25, 0.3) is 5.91 Å². The highest BCUT2D eigenvalue weighted by molar-refractivity contribution is 7.89. The van der Waals surface area contributed by atoms with Gasteiger partial charge in [-0.3, -0.25) is 4.79 Å². The van der Waals surface area contributed by atoms with Crippen molar-refractivity contribution in [3.8, 4) is 0 Å². The topological polar surface area (TPSA) is 75.7 Å². The van der Waals surface area contributed by atoms with Crippen LogP contribution in [0.4, 0.5) is 0 Å². The van der Waals surface area contributed by atoms with Crippen LogP contribution in [0.3, 0.4) is 0 Å². The molecule has 150 valence electrons. The summed E-state index contributed by atoms with van der Waals surface area (Å²) in [6.45, 7) is 6.80. The summed E-state index contributed by atoms with van der Waals surface area (Å²) < 4.78 is 32.8. The molecule has 1 heterocycles. The normalized spacial score (nSPS) is 20.7. The summed E-state index contributed by atoms with van der Waals surface area (Å²) >= 11 is 0. The molecule has 1 aliphatic rings. The first-order valence-corrected chi connectivity index (χ1v) is 10.8. The first kappa shape index (κ1) is 20.5. The number of hydrogen-bond acceptors (Lipinski definition) is 4. The standard InChI is InChI=1S/C21H26N2O4S/c1-15-4-6-18(7-5-15)12-22-21(24)19-8-10-20(11-9-19)28(25,26)23-13-16(2)27-17(3)14-23/h4-11,16-17H,12-14H2,1-3H3,(H,22,24)/t16-,17-/m0/s1. The second-order valence-electron chi connectivity index (χ2n) is 7.27. The Balaban J connectivity index is 1.66. The maximum atomic E-state index is 12.9. The fourth-order valence-corrected chi connectivity index (χ4v) is 4.84. The Morgan fingerprint density at radius 2 is 1.61 bits per heavy atom. The van der Waals surface area contributed by atoms with E-state index in [0.29, 0.717) is 25.2 Å². The number of benzene rings is 2. The zero-order valence-electron chi connectivity index (χ0n) is 16.4. The summed E-state index contributed by atoms with van der Waals surface area (Å²) in [5.74, 6) is -0.238. The number of nitrogens with one attached hydrogen (secondary N) is 1. The second kappa shape index (κ2) is 8.43. The molecule has 1 fully saturated rings. The van der Waals surface area contributed by atoms with Gasteiger partial charge in [-0.05, 0) is 50.6 Å². The Morgan fingerprint density at radius 3 is 2.18 bits per heavy atom. The van der Waals surface area contributed by atoms with Gasteiger partial charge in [-0.25, -0.2) is 8.42 Å². The first-order valence-electron chi connectivity index (χ1n) is 9.35. The molecule has 0 spiro atoms. The lowest BCUT2D eigenvalue weighted by molar-refractivity contribution is -0.0440. The summed E-state index contributed by atoms with van der Waals surface area (Å²) in [5.41, 5.74) is 2.60. The van der Waals surface area contributed by atoms with Crippen molar-refractivity contribution in [2.45, 2.75) is 44.4 Å².